The number of carbonyl (C=O) groups excluding carboxylic acids is 1. The largest absolute Gasteiger partial charge is 0.493 e. The number of pyridine rings is 1. The smallest absolute Gasteiger partial charge is 0.417 e. The molecule has 0 fully saturated rings. The molecule has 0 aliphatic carbocycles. The molecule has 0 atom stereocenters. The summed E-state index contributed by atoms with van der Waals surface area (Å²) in [5, 5.41) is 16.8. The van der Waals surface area contributed by atoms with Gasteiger partial charge in [0, 0.05) is 37.3 Å². The SMILES string of the molecule is COc1cc2c(cc1OC)CN(CCc1ccc(-n3nnc(-c4cc(OC)c(OC)cc4NC(=O)Oc4ccnc5ccccc45)n3)cc1)CC2. The molecule has 0 radical (unpaired) electrons. The van der Waals surface area contributed by atoms with Crippen molar-refractivity contribution >= 4 is 22.7 Å². The number of para-hydroxylation sites is 1. The van der Waals surface area contributed by atoms with E-state index in [0.29, 0.717) is 39.4 Å². The van der Waals surface area contributed by atoms with Crippen molar-refractivity contribution in [1.29, 1.82) is 0 Å². The van der Waals surface area contributed by atoms with Crippen molar-refractivity contribution < 1.29 is 28.5 Å². The van der Waals surface area contributed by atoms with E-state index >= 15 is 0 Å². The van der Waals surface area contributed by atoms with Crippen LogP contribution < -0.4 is 29.0 Å². The zero-order valence-electron chi connectivity index (χ0n) is 28.8. The van der Waals surface area contributed by atoms with Crippen molar-refractivity contribution in [3.05, 3.63) is 102 Å². The molecule has 1 N–H and O–H groups in total. The molecule has 1 aliphatic heterocycles. The molecule has 6 aromatic rings. The number of rotatable bonds is 11. The molecular formula is C38H37N7O6. The molecule has 51 heavy (non-hydrogen) atoms. The second-order valence-corrected chi connectivity index (χ2v) is 11.9. The average Bonchev–Trinajstić information content (AvgIpc) is 3.66. The summed E-state index contributed by atoms with van der Waals surface area (Å²) in [4.78, 5) is 21.4. The first-order valence-electron chi connectivity index (χ1n) is 16.4. The molecule has 0 spiro atoms. The number of tetrazole rings is 1. The lowest BCUT2D eigenvalue weighted by Gasteiger charge is -2.29. The molecule has 1 aliphatic rings. The van der Waals surface area contributed by atoms with Gasteiger partial charge in [-0.1, -0.05) is 24.3 Å². The molecule has 260 valence electrons. The predicted molar refractivity (Wildman–Crippen MR) is 191 cm³/mol. The molecule has 0 saturated carbocycles. The zero-order valence-corrected chi connectivity index (χ0v) is 28.8. The van der Waals surface area contributed by atoms with Gasteiger partial charge in [-0.15, -0.1) is 15.0 Å². The van der Waals surface area contributed by atoms with Crippen LogP contribution in [0.15, 0.2) is 85.1 Å². The van der Waals surface area contributed by atoms with Gasteiger partial charge in [0.1, 0.15) is 5.75 Å². The van der Waals surface area contributed by atoms with Gasteiger partial charge in [0.25, 0.3) is 0 Å². The Hall–Kier alpha value is -6.21. The van der Waals surface area contributed by atoms with Gasteiger partial charge in [0.05, 0.1) is 50.9 Å². The van der Waals surface area contributed by atoms with Crippen LogP contribution in [0.3, 0.4) is 0 Å². The number of ether oxygens (including phenoxy) is 5. The van der Waals surface area contributed by atoms with E-state index < -0.39 is 6.09 Å². The third kappa shape index (κ3) is 7.10. The first kappa shape index (κ1) is 33.3. The van der Waals surface area contributed by atoms with Gasteiger partial charge < -0.3 is 23.7 Å². The minimum Gasteiger partial charge on any atom is -0.493 e. The van der Waals surface area contributed by atoms with Crippen molar-refractivity contribution in [1.82, 2.24) is 30.1 Å². The molecule has 0 unspecified atom stereocenters. The van der Waals surface area contributed by atoms with Crippen LogP contribution in [0.5, 0.6) is 28.7 Å². The summed E-state index contributed by atoms with van der Waals surface area (Å²) in [6.45, 7) is 2.77. The summed E-state index contributed by atoms with van der Waals surface area (Å²) in [6, 6.07) is 24.6. The number of carbonyl (C=O) groups is 1. The fourth-order valence-electron chi connectivity index (χ4n) is 6.21. The topological polar surface area (TPSA) is 135 Å². The fourth-order valence-corrected chi connectivity index (χ4v) is 6.21. The maximum absolute atomic E-state index is 13.2. The van der Waals surface area contributed by atoms with E-state index in [2.05, 4.69) is 54.9 Å². The zero-order chi connectivity index (χ0) is 35.3. The van der Waals surface area contributed by atoms with Crippen molar-refractivity contribution in [3.8, 4) is 45.8 Å². The Morgan fingerprint density at radius 1 is 0.804 bits per heavy atom. The predicted octanol–water partition coefficient (Wildman–Crippen LogP) is 6.12. The summed E-state index contributed by atoms with van der Waals surface area (Å²) in [5.74, 6) is 3.01. The second-order valence-electron chi connectivity index (χ2n) is 11.9. The average molecular weight is 688 g/mol. The number of hydrogen-bond donors (Lipinski definition) is 1. The van der Waals surface area contributed by atoms with E-state index in [1.165, 1.54) is 35.7 Å². The lowest BCUT2D eigenvalue weighted by molar-refractivity contribution is 0.215. The van der Waals surface area contributed by atoms with Crippen LogP contribution in [-0.2, 0) is 19.4 Å². The molecule has 2 aromatic heterocycles. The fraction of sp³-hybridized carbons (Fsp3) is 0.237. The lowest BCUT2D eigenvalue weighted by Crippen LogP contribution is -2.32. The summed E-state index contributed by atoms with van der Waals surface area (Å²) in [5.41, 5.74) is 6.04. The van der Waals surface area contributed by atoms with E-state index in [1.807, 2.05) is 36.4 Å². The van der Waals surface area contributed by atoms with Crippen LogP contribution in [0.25, 0.3) is 28.0 Å². The molecule has 7 rings (SSSR count). The highest BCUT2D eigenvalue weighted by Crippen LogP contribution is 2.38. The lowest BCUT2D eigenvalue weighted by atomic mass is 9.98. The molecule has 4 aromatic carbocycles. The van der Waals surface area contributed by atoms with E-state index in [0.717, 1.165) is 49.7 Å². The molecule has 0 saturated heterocycles. The molecule has 0 bridgehead atoms. The van der Waals surface area contributed by atoms with Gasteiger partial charge in [0.2, 0.25) is 5.82 Å². The van der Waals surface area contributed by atoms with Gasteiger partial charge in [-0.25, -0.2) is 4.79 Å². The maximum atomic E-state index is 13.2. The van der Waals surface area contributed by atoms with Crippen molar-refractivity contribution in [3.63, 3.8) is 0 Å². The number of methoxy groups -OCH3 is 4. The van der Waals surface area contributed by atoms with Crippen LogP contribution in [0.2, 0.25) is 0 Å². The van der Waals surface area contributed by atoms with Crippen molar-refractivity contribution in [2.24, 2.45) is 0 Å². The van der Waals surface area contributed by atoms with E-state index in [4.69, 9.17) is 23.7 Å². The van der Waals surface area contributed by atoms with E-state index in [1.54, 1.807) is 38.6 Å². The Kier molecular flexibility index (Phi) is 9.61. The van der Waals surface area contributed by atoms with Crippen LogP contribution >= 0.6 is 0 Å². The highest BCUT2D eigenvalue weighted by molar-refractivity contribution is 5.95. The van der Waals surface area contributed by atoms with Gasteiger partial charge in [0.15, 0.2) is 23.0 Å². The summed E-state index contributed by atoms with van der Waals surface area (Å²) in [6.07, 6.45) is 2.74. The van der Waals surface area contributed by atoms with Gasteiger partial charge in [-0.2, -0.15) is 0 Å². The molecule has 13 nitrogen and oxygen atoms in total. The number of aromatic nitrogens is 5. The van der Waals surface area contributed by atoms with E-state index in [9.17, 15) is 4.79 Å². The van der Waals surface area contributed by atoms with Crippen LogP contribution in [0.4, 0.5) is 10.5 Å². The Morgan fingerprint density at radius 3 is 2.27 bits per heavy atom. The van der Waals surface area contributed by atoms with Crippen LogP contribution in [0.1, 0.15) is 16.7 Å². The first-order chi connectivity index (χ1) is 25.0. The summed E-state index contributed by atoms with van der Waals surface area (Å²) in [7, 11) is 6.38. The number of hydrogen-bond acceptors (Lipinski definition) is 11. The maximum Gasteiger partial charge on any atom is 0.417 e. The number of fused-ring (bicyclic) bond motifs is 2. The minimum atomic E-state index is -0.712. The summed E-state index contributed by atoms with van der Waals surface area (Å²) >= 11 is 0. The van der Waals surface area contributed by atoms with Gasteiger partial charge in [-0.05, 0) is 83.3 Å². The minimum absolute atomic E-state index is 0.268. The van der Waals surface area contributed by atoms with Gasteiger partial charge >= 0.3 is 6.09 Å². The second kappa shape index (κ2) is 14.7. The number of anilines is 1. The normalized spacial score (nSPS) is 12.6. The first-order valence-corrected chi connectivity index (χ1v) is 16.4. The number of nitrogens with zero attached hydrogens (tertiary/aromatic N) is 6. The third-order valence-corrected chi connectivity index (χ3v) is 8.91. The van der Waals surface area contributed by atoms with Crippen LogP contribution in [-0.4, -0.2) is 77.7 Å². The monoisotopic (exact) mass is 687 g/mol. The third-order valence-electron chi connectivity index (χ3n) is 8.91. The quantitative estimate of drug-likeness (QED) is 0.169. The Balaban J connectivity index is 1.05. The number of nitrogens with one attached hydrogen (secondary N) is 1. The molecular weight excluding hydrogens is 650 g/mol. The number of amides is 1. The highest BCUT2D eigenvalue weighted by atomic mass is 16.6. The van der Waals surface area contributed by atoms with Gasteiger partial charge in [-0.3, -0.25) is 15.2 Å². The Bertz CT molecular complexity index is 2180. The van der Waals surface area contributed by atoms with Crippen molar-refractivity contribution in [2.75, 3.05) is 46.8 Å². The molecule has 1 amide bonds. The standard InChI is InChI=1S/C38H37N7O6/c1-47-33-19-25-15-18-44(23-26(25)20-34(33)48-2)17-14-24-9-11-27(12-10-24)45-42-37(41-43-45)29-21-35(49-3)36(50-4)22-31(29)40-38(46)51-32-13-16-39-30-8-6-5-7-28(30)32/h5-13,16,19-22H,14-15,17-18,23H2,1-4H3,(H,40,46). The van der Waals surface area contributed by atoms with Crippen LogP contribution in [0, 0.1) is 0 Å². The Morgan fingerprint density at radius 2 is 1.51 bits per heavy atom. The number of benzene rings is 4. The Labute approximate surface area is 294 Å². The summed E-state index contributed by atoms with van der Waals surface area (Å²) < 4.78 is 27.7. The highest BCUT2D eigenvalue weighted by Gasteiger charge is 2.21. The molecule has 13 heteroatoms. The molecule has 3 heterocycles. The van der Waals surface area contributed by atoms with Crippen molar-refractivity contribution in [2.45, 2.75) is 19.4 Å². The van der Waals surface area contributed by atoms with E-state index in [-0.39, 0.29) is 5.82 Å².